The summed E-state index contributed by atoms with van der Waals surface area (Å²) in [4.78, 5) is 44.1. The van der Waals surface area contributed by atoms with E-state index in [4.69, 9.17) is 5.73 Å². The topological polar surface area (TPSA) is 174 Å². The van der Waals surface area contributed by atoms with Crippen LogP contribution in [0.5, 0.6) is 5.75 Å². The summed E-state index contributed by atoms with van der Waals surface area (Å²) in [5.74, 6) is -6.69. The van der Waals surface area contributed by atoms with Gasteiger partial charge in [0.05, 0.1) is 18.2 Å². The minimum atomic E-state index is -2.65. The number of rotatable bonds is 5. The van der Waals surface area contributed by atoms with E-state index in [9.17, 15) is 34.8 Å². The van der Waals surface area contributed by atoms with Crippen LogP contribution in [0.4, 0.5) is 0 Å². The van der Waals surface area contributed by atoms with E-state index in [1.165, 1.54) is 11.0 Å². The molecule has 0 spiro atoms. The van der Waals surface area contributed by atoms with Gasteiger partial charge >= 0.3 is 0 Å². The molecule has 0 aliphatic heterocycles. The molecule has 3 aliphatic carbocycles. The fraction of sp³-hybridized carbons (Fsp3) is 0.360. The van der Waals surface area contributed by atoms with Crippen molar-refractivity contribution in [2.75, 3.05) is 20.6 Å². The third-order valence-electron chi connectivity index (χ3n) is 7.17. The predicted octanol–water partition coefficient (Wildman–Crippen LogP) is 0.678. The number of carbonyl (C=O) groups is 3. The monoisotopic (exact) mass is 481 g/mol. The Morgan fingerprint density at radius 3 is 2.57 bits per heavy atom. The molecule has 0 saturated heterocycles. The maximum absolute atomic E-state index is 13.7. The van der Waals surface area contributed by atoms with E-state index in [0.717, 1.165) is 0 Å². The number of aliphatic hydroxyl groups excluding tert-OH is 2. The zero-order chi connectivity index (χ0) is 25.8. The van der Waals surface area contributed by atoms with Crippen molar-refractivity contribution in [1.82, 2.24) is 4.90 Å². The summed E-state index contributed by atoms with van der Waals surface area (Å²) in [5.41, 5.74) is 3.00. The van der Waals surface area contributed by atoms with E-state index < -0.39 is 58.0 Å². The minimum absolute atomic E-state index is 0.0405. The predicted molar refractivity (Wildman–Crippen MR) is 128 cm³/mol. The maximum atomic E-state index is 13.7. The first kappa shape index (κ1) is 24.4. The quantitative estimate of drug-likeness (QED) is 0.301. The smallest absolute Gasteiger partial charge is 0.255 e. The lowest BCUT2D eigenvalue weighted by Gasteiger charge is -2.50. The highest BCUT2D eigenvalue weighted by atomic mass is 16.3. The molecule has 0 unspecified atom stereocenters. The number of carbonyl (C=O) groups excluding carboxylic acids is 3. The fourth-order valence-electron chi connectivity index (χ4n) is 5.68. The molecule has 6 N–H and O–H groups in total. The van der Waals surface area contributed by atoms with Gasteiger partial charge in [0.1, 0.15) is 22.8 Å². The van der Waals surface area contributed by atoms with Crippen molar-refractivity contribution in [3.05, 3.63) is 51.8 Å². The Balaban J connectivity index is 1.95. The zero-order valence-corrected chi connectivity index (χ0v) is 19.4. The Bertz CT molecular complexity index is 1260. The minimum Gasteiger partial charge on any atom is -0.508 e. The second-order valence-electron chi connectivity index (χ2n) is 9.30. The molecule has 0 heterocycles. The molecule has 4 atom stereocenters. The summed E-state index contributed by atoms with van der Waals surface area (Å²) >= 11 is 0. The second-order valence-corrected chi connectivity index (χ2v) is 9.30. The zero-order valence-electron chi connectivity index (χ0n) is 19.4. The molecule has 3 aliphatic rings. The van der Waals surface area contributed by atoms with Crippen LogP contribution in [0.15, 0.2) is 40.1 Å². The van der Waals surface area contributed by atoms with E-state index >= 15 is 0 Å². The number of fused-ring (bicyclic) bond motifs is 3. The number of nitrogens with two attached hydrogens (primary N) is 1. The largest absolute Gasteiger partial charge is 0.508 e. The summed E-state index contributed by atoms with van der Waals surface area (Å²) < 4.78 is 0. The van der Waals surface area contributed by atoms with Crippen molar-refractivity contribution in [3.8, 4) is 5.75 Å². The Labute approximate surface area is 201 Å². The number of benzene rings is 1. The van der Waals surface area contributed by atoms with Gasteiger partial charge in [-0.25, -0.2) is 0 Å². The number of phenols is 1. The van der Waals surface area contributed by atoms with Crippen LogP contribution in [0.3, 0.4) is 0 Å². The van der Waals surface area contributed by atoms with Crippen LogP contribution in [0.1, 0.15) is 23.1 Å². The number of amides is 1. The van der Waals surface area contributed by atoms with Gasteiger partial charge in [0.15, 0.2) is 11.4 Å². The molecule has 10 heteroatoms. The van der Waals surface area contributed by atoms with Gasteiger partial charge in [-0.2, -0.15) is 0 Å². The Morgan fingerprint density at radius 1 is 1.29 bits per heavy atom. The molecule has 1 fully saturated rings. The third kappa shape index (κ3) is 3.40. The molecule has 35 heavy (non-hydrogen) atoms. The molecular formula is C25H27N3O7. The maximum Gasteiger partial charge on any atom is 0.255 e. The number of nitrogens with zero attached hydrogens (tertiary/aromatic N) is 2. The molecule has 10 nitrogen and oxygen atoms in total. The van der Waals surface area contributed by atoms with Crippen molar-refractivity contribution >= 4 is 36.0 Å². The van der Waals surface area contributed by atoms with Crippen LogP contribution in [-0.2, 0) is 20.8 Å². The van der Waals surface area contributed by atoms with Crippen LogP contribution in [0.25, 0.3) is 11.8 Å². The van der Waals surface area contributed by atoms with Gasteiger partial charge in [0.2, 0.25) is 5.78 Å². The van der Waals surface area contributed by atoms with E-state index in [0.29, 0.717) is 17.7 Å². The number of aliphatic hydroxyl groups is 3. The normalized spacial score (nSPS) is 28.3. The highest BCUT2D eigenvalue weighted by Crippen LogP contribution is 2.52. The van der Waals surface area contributed by atoms with Crippen molar-refractivity contribution in [2.45, 2.75) is 24.5 Å². The highest BCUT2D eigenvalue weighted by Gasteiger charge is 2.64. The lowest BCUT2D eigenvalue weighted by Crippen LogP contribution is -2.65. The fourth-order valence-corrected chi connectivity index (χ4v) is 5.68. The number of phenolic OH excluding ortho intramolecular Hbond substituents is 1. The van der Waals surface area contributed by atoms with Gasteiger partial charge in [0, 0.05) is 11.5 Å². The van der Waals surface area contributed by atoms with Crippen LogP contribution < -0.4 is 5.73 Å². The second kappa shape index (κ2) is 8.47. The number of aliphatic imine (C=N–C) groups is 1. The number of primary amides is 1. The SMILES string of the molecule is C=NC/C=C/c1ccc(O)c2c1C[C@H]1C[C@H]3[C@H](N(C)C)C(=O)C(C(N)=O)=C(O)[C@@]3(O)C(=O)C1=C2O. The number of aromatic hydroxyl groups is 1. The molecule has 184 valence electrons. The number of ketones is 2. The molecule has 1 saturated carbocycles. The number of Topliss-reactive ketones (excluding diaryl/α,β-unsaturated/α-hetero) is 2. The molecule has 0 bridgehead atoms. The summed E-state index contributed by atoms with van der Waals surface area (Å²) in [6.07, 6.45) is 3.80. The average molecular weight is 482 g/mol. The van der Waals surface area contributed by atoms with Gasteiger partial charge in [0.25, 0.3) is 5.91 Å². The lowest BCUT2D eigenvalue weighted by molar-refractivity contribution is -0.153. The highest BCUT2D eigenvalue weighted by molar-refractivity contribution is 6.24. The van der Waals surface area contributed by atoms with Crippen LogP contribution in [0.2, 0.25) is 0 Å². The van der Waals surface area contributed by atoms with Crippen molar-refractivity contribution in [1.29, 1.82) is 0 Å². The number of likely N-dealkylation sites (N-methyl/N-ethyl adjacent to an activating group) is 1. The molecule has 4 rings (SSSR count). The Hall–Kier alpha value is -3.76. The van der Waals surface area contributed by atoms with Gasteiger partial charge in [-0.3, -0.25) is 24.3 Å². The molecule has 1 amide bonds. The van der Waals surface area contributed by atoms with Gasteiger partial charge in [-0.1, -0.05) is 18.2 Å². The van der Waals surface area contributed by atoms with E-state index in [2.05, 4.69) is 11.7 Å². The van der Waals surface area contributed by atoms with E-state index in [1.807, 2.05) is 0 Å². The summed E-state index contributed by atoms with van der Waals surface area (Å²) in [6, 6.07) is 1.94. The molecule has 0 radical (unpaired) electrons. The average Bonchev–Trinajstić information content (AvgIpc) is 2.77. The van der Waals surface area contributed by atoms with Crippen molar-refractivity contribution in [3.63, 3.8) is 0 Å². The summed E-state index contributed by atoms with van der Waals surface area (Å²) in [6.45, 7) is 3.79. The standard InChI is InChI=1S/C25H27N3O7/c1-27-8-4-5-11-6-7-15(29)17-13(11)9-12-10-14-19(28(2)3)21(31)18(24(26)34)23(33)25(14,35)22(32)16(12)20(17)30/h4-7,12,14,19,29-30,33,35H,1,8-10H2,2-3H3,(H2,26,34)/b5-4+/t12-,14-,19-,25-/m0/s1. The molecular weight excluding hydrogens is 454 g/mol. The van der Waals surface area contributed by atoms with Gasteiger partial charge < -0.3 is 26.2 Å². The first-order valence-corrected chi connectivity index (χ1v) is 11.0. The van der Waals surface area contributed by atoms with Crippen LogP contribution in [-0.4, -0.2) is 81.8 Å². The lowest BCUT2D eigenvalue weighted by atomic mass is 9.57. The third-order valence-corrected chi connectivity index (χ3v) is 7.17. The Kier molecular flexibility index (Phi) is 5.90. The van der Waals surface area contributed by atoms with Crippen LogP contribution in [0, 0.1) is 11.8 Å². The molecule has 0 aromatic heterocycles. The first-order chi connectivity index (χ1) is 16.5. The molecule has 1 aromatic carbocycles. The first-order valence-electron chi connectivity index (χ1n) is 11.0. The van der Waals surface area contributed by atoms with Gasteiger partial charge in [-0.15, -0.1) is 0 Å². The Morgan fingerprint density at radius 2 is 1.97 bits per heavy atom. The van der Waals surface area contributed by atoms with Crippen LogP contribution >= 0.6 is 0 Å². The summed E-state index contributed by atoms with van der Waals surface area (Å²) in [7, 11) is 3.12. The van der Waals surface area contributed by atoms with E-state index in [-0.39, 0.29) is 29.7 Å². The summed E-state index contributed by atoms with van der Waals surface area (Å²) in [5, 5.41) is 44.1. The number of hydrogen-bond donors (Lipinski definition) is 5. The van der Waals surface area contributed by atoms with E-state index in [1.54, 1.807) is 32.3 Å². The van der Waals surface area contributed by atoms with Crippen molar-refractivity contribution < 1.29 is 34.8 Å². The van der Waals surface area contributed by atoms with Crippen molar-refractivity contribution in [2.24, 2.45) is 22.6 Å². The number of hydrogen-bond acceptors (Lipinski definition) is 9. The van der Waals surface area contributed by atoms with Gasteiger partial charge in [-0.05, 0) is 56.8 Å². The molecule has 1 aromatic rings.